The minimum atomic E-state index is -1.55. The van der Waals surface area contributed by atoms with Crippen molar-refractivity contribution in [1.82, 2.24) is 0 Å². The quantitative estimate of drug-likeness (QED) is 0.196. The highest BCUT2D eigenvalue weighted by Gasteiger charge is 2.16. The lowest BCUT2D eigenvalue weighted by atomic mass is 10.1. The van der Waals surface area contributed by atoms with Crippen LogP contribution in [0.3, 0.4) is 0 Å². The van der Waals surface area contributed by atoms with Gasteiger partial charge in [0.05, 0.1) is 18.4 Å². The Morgan fingerprint density at radius 2 is 1.51 bits per heavy atom. The van der Waals surface area contributed by atoms with Crippen LogP contribution in [0.4, 0.5) is 5.69 Å². The zero-order chi connectivity index (χ0) is 25.0. The van der Waals surface area contributed by atoms with Crippen LogP contribution in [-0.4, -0.2) is 34.7 Å². The summed E-state index contributed by atoms with van der Waals surface area (Å²) in [6.07, 6.45) is 3.34. The lowest BCUT2D eigenvalue weighted by molar-refractivity contribution is -0.137. The van der Waals surface area contributed by atoms with Crippen molar-refractivity contribution in [2.24, 2.45) is 0 Å². The number of carboxylic acid groups (broad SMARTS) is 2. The molecule has 8 nitrogen and oxygen atoms in total. The minimum Gasteiger partial charge on any atom is -0.494 e. The van der Waals surface area contributed by atoms with Crippen molar-refractivity contribution >= 4 is 23.5 Å². The van der Waals surface area contributed by atoms with Crippen molar-refractivity contribution in [3.8, 4) is 11.5 Å². The number of nitrogens with one attached hydrogen (secondary N) is 1. The number of carboxylic acids is 2. The molecule has 0 radical (unpaired) electrons. The van der Waals surface area contributed by atoms with Crippen LogP contribution >= 0.6 is 0 Å². The van der Waals surface area contributed by atoms with Gasteiger partial charge in [-0.1, -0.05) is 42.5 Å². The van der Waals surface area contributed by atoms with E-state index in [-0.39, 0.29) is 11.4 Å². The predicted octanol–water partition coefficient (Wildman–Crippen LogP) is 4.77. The van der Waals surface area contributed by atoms with E-state index in [4.69, 9.17) is 19.7 Å². The number of aryl methyl sites for hydroxylation is 1. The number of unbranched alkanes of at least 4 members (excludes halogenated alkanes) is 1. The molecule has 0 bridgehead atoms. The van der Waals surface area contributed by atoms with Crippen molar-refractivity contribution in [2.45, 2.75) is 19.3 Å². The molecule has 0 spiro atoms. The summed E-state index contributed by atoms with van der Waals surface area (Å²) in [6, 6.07) is 23.0. The highest BCUT2D eigenvalue weighted by Crippen LogP contribution is 2.26. The molecule has 0 saturated heterocycles. The van der Waals surface area contributed by atoms with Gasteiger partial charge in [-0.15, -0.1) is 0 Å². The van der Waals surface area contributed by atoms with E-state index in [1.54, 1.807) is 36.4 Å². The van der Waals surface area contributed by atoms with Crippen molar-refractivity contribution in [1.29, 1.82) is 0 Å². The first-order chi connectivity index (χ1) is 16.9. The van der Waals surface area contributed by atoms with Crippen molar-refractivity contribution in [2.75, 3.05) is 11.9 Å². The first-order valence-corrected chi connectivity index (χ1v) is 11.0. The number of amides is 1. The standard InChI is InChI=1S/C27H25NO7/c29-25(30)18-24(27(32)33)35-23-12-5-4-11-22(23)28-26(31)20-13-15-21(16-14-20)34-17-7-6-10-19-8-2-1-3-9-19/h1-5,8-9,11-16,18H,6-7,10,17H2,(H,28,31)(H,29,30)(H,32,33)/b24-18+. The topological polar surface area (TPSA) is 122 Å². The number of carbonyl (C=O) groups excluding carboxylic acids is 1. The average molecular weight is 475 g/mol. The third kappa shape index (κ3) is 8.04. The summed E-state index contributed by atoms with van der Waals surface area (Å²) in [5, 5.41) is 20.6. The largest absolute Gasteiger partial charge is 0.494 e. The molecule has 3 aromatic rings. The molecule has 0 saturated carbocycles. The number of benzene rings is 3. The molecule has 1 amide bonds. The molecule has 0 atom stereocenters. The molecule has 3 aromatic carbocycles. The summed E-state index contributed by atoms with van der Waals surface area (Å²) >= 11 is 0. The van der Waals surface area contributed by atoms with Gasteiger partial charge < -0.3 is 25.0 Å². The summed E-state index contributed by atoms with van der Waals surface area (Å²) < 4.78 is 11.0. The number of aliphatic carboxylic acids is 2. The van der Waals surface area contributed by atoms with Crippen LogP contribution in [0.15, 0.2) is 90.7 Å². The van der Waals surface area contributed by atoms with Gasteiger partial charge in [0.25, 0.3) is 5.91 Å². The second-order valence-electron chi connectivity index (χ2n) is 7.52. The molecule has 3 N–H and O–H groups in total. The molecule has 0 fully saturated rings. The second-order valence-corrected chi connectivity index (χ2v) is 7.52. The van der Waals surface area contributed by atoms with E-state index in [0.717, 1.165) is 19.3 Å². The van der Waals surface area contributed by atoms with Gasteiger partial charge in [-0.3, -0.25) is 4.79 Å². The minimum absolute atomic E-state index is 0.00814. The first-order valence-electron chi connectivity index (χ1n) is 11.0. The molecular formula is C27H25NO7. The van der Waals surface area contributed by atoms with Crippen molar-refractivity contribution in [3.05, 3.63) is 102 Å². The van der Waals surface area contributed by atoms with Gasteiger partial charge in [-0.25, -0.2) is 9.59 Å². The molecular weight excluding hydrogens is 450 g/mol. The van der Waals surface area contributed by atoms with Gasteiger partial charge in [-0.05, 0) is 61.2 Å². The Hall–Kier alpha value is -4.59. The normalized spacial score (nSPS) is 10.9. The monoisotopic (exact) mass is 475 g/mol. The maximum absolute atomic E-state index is 12.7. The van der Waals surface area contributed by atoms with Gasteiger partial charge in [0.15, 0.2) is 5.75 Å². The van der Waals surface area contributed by atoms with Crippen molar-refractivity contribution < 1.29 is 34.1 Å². The highest BCUT2D eigenvalue weighted by atomic mass is 16.5. The third-order valence-electron chi connectivity index (χ3n) is 4.91. The van der Waals surface area contributed by atoms with Gasteiger partial charge in [0.2, 0.25) is 5.76 Å². The number of carbonyl (C=O) groups is 3. The summed E-state index contributed by atoms with van der Waals surface area (Å²) in [7, 11) is 0. The smallest absolute Gasteiger partial charge is 0.372 e. The summed E-state index contributed by atoms with van der Waals surface area (Å²) in [5.74, 6) is -3.62. The summed E-state index contributed by atoms with van der Waals surface area (Å²) in [6.45, 7) is 0.568. The van der Waals surface area contributed by atoms with E-state index in [0.29, 0.717) is 24.0 Å². The van der Waals surface area contributed by atoms with Gasteiger partial charge in [0.1, 0.15) is 5.75 Å². The van der Waals surface area contributed by atoms with Gasteiger partial charge in [-0.2, -0.15) is 0 Å². The van der Waals surface area contributed by atoms with Crippen LogP contribution in [0, 0.1) is 0 Å². The molecule has 0 unspecified atom stereocenters. The zero-order valence-electron chi connectivity index (χ0n) is 18.8. The number of para-hydroxylation sites is 2. The van der Waals surface area contributed by atoms with Crippen LogP contribution in [0.25, 0.3) is 0 Å². The van der Waals surface area contributed by atoms with Gasteiger partial charge >= 0.3 is 11.9 Å². The second kappa shape index (κ2) is 12.6. The summed E-state index contributed by atoms with van der Waals surface area (Å²) in [5.41, 5.74) is 1.84. The number of hydrogen-bond donors (Lipinski definition) is 3. The van der Waals surface area contributed by atoms with E-state index in [1.165, 1.54) is 17.7 Å². The average Bonchev–Trinajstić information content (AvgIpc) is 2.85. The Labute approximate surface area is 202 Å². The van der Waals surface area contributed by atoms with E-state index >= 15 is 0 Å². The van der Waals surface area contributed by atoms with Crippen LogP contribution in [0.5, 0.6) is 11.5 Å². The van der Waals surface area contributed by atoms with E-state index in [9.17, 15) is 14.4 Å². The Balaban J connectivity index is 1.54. The van der Waals surface area contributed by atoms with Crippen LogP contribution in [0.1, 0.15) is 28.8 Å². The first kappa shape index (κ1) is 25.0. The fourth-order valence-electron chi connectivity index (χ4n) is 3.19. The number of anilines is 1. The van der Waals surface area contributed by atoms with E-state index < -0.39 is 23.6 Å². The Kier molecular flexibility index (Phi) is 9.01. The molecule has 0 aliphatic heterocycles. The Bertz CT molecular complexity index is 1190. The van der Waals surface area contributed by atoms with Crippen molar-refractivity contribution in [3.63, 3.8) is 0 Å². The van der Waals surface area contributed by atoms with Crippen LogP contribution < -0.4 is 14.8 Å². The number of ether oxygens (including phenoxy) is 2. The molecule has 0 aliphatic carbocycles. The maximum Gasteiger partial charge on any atom is 0.372 e. The summed E-state index contributed by atoms with van der Waals surface area (Å²) in [4.78, 5) is 34.8. The fourth-order valence-corrected chi connectivity index (χ4v) is 3.19. The molecule has 180 valence electrons. The Morgan fingerprint density at radius 3 is 2.20 bits per heavy atom. The van der Waals surface area contributed by atoms with Crippen LogP contribution in [-0.2, 0) is 16.0 Å². The highest BCUT2D eigenvalue weighted by molar-refractivity contribution is 6.05. The van der Waals surface area contributed by atoms with Crippen LogP contribution in [0.2, 0.25) is 0 Å². The molecule has 0 aliphatic rings. The lowest BCUT2D eigenvalue weighted by Gasteiger charge is -2.12. The SMILES string of the molecule is O=C(O)/C=C(/Oc1ccccc1NC(=O)c1ccc(OCCCCc2ccccc2)cc1)C(=O)O. The maximum atomic E-state index is 12.7. The fraction of sp³-hybridized carbons (Fsp3) is 0.148. The number of hydrogen-bond acceptors (Lipinski definition) is 5. The third-order valence-corrected chi connectivity index (χ3v) is 4.91. The molecule has 3 rings (SSSR count). The molecule has 0 aromatic heterocycles. The molecule has 35 heavy (non-hydrogen) atoms. The molecule has 8 heteroatoms. The van der Waals surface area contributed by atoms with Gasteiger partial charge in [0, 0.05) is 5.56 Å². The lowest BCUT2D eigenvalue weighted by Crippen LogP contribution is -2.15. The van der Waals surface area contributed by atoms with E-state index in [1.807, 2.05) is 18.2 Å². The number of rotatable bonds is 12. The van der Waals surface area contributed by atoms with E-state index in [2.05, 4.69) is 17.4 Å². The molecule has 0 heterocycles. The predicted molar refractivity (Wildman–Crippen MR) is 130 cm³/mol. The Morgan fingerprint density at radius 1 is 0.829 bits per heavy atom. The zero-order valence-corrected chi connectivity index (χ0v) is 18.8.